The third kappa shape index (κ3) is 1.14. The number of methoxy groups -OCH3 is 1. The third-order valence-corrected chi connectivity index (χ3v) is 2.14. The first-order valence-electron chi connectivity index (χ1n) is 4.11. The summed E-state index contributed by atoms with van der Waals surface area (Å²) in [6.45, 7) is 0. The van der Waals surface area contributed by atoms with Crippen LogP contribution in [0.1, 0.15) is 20.8 Å². The predicted octanol–water partition coefficient (Wildman–Crippen LogP) is -0.112. The summed E-state index contributed by atoms with van der Waals surface area (Å²) < 4.78 is 10.3. The van der Waals surface area contributed by atoms with Gasteiger partial charge in [0, 0.05) is 13.1 Å². The van der Waals surface area contributed by atoms with Crippen molar-refractivity contribution in [2.24, 2.45) is 7.05 Å². The number of nitrogens with zero attached hydrogens (tertiary/aromatic N) is 1. The Hall–Kier alpha value is -2.11. The normalized spacial score (nSPS) is 14.9. The number of allylic oxidation sites excluding steroid dienone is 2. The molecule has 1 aromatic heterocycles. The number of carbonyl (C=O) groups excluding carboxylic acids is 2. The Bertz CT molecular complexity index is 545. The predicted molar refractivity (Wildman–Crippen MR) is 47.7 cm³/mol. The Balaban J connectivity index is 2.75. The molecule has 0 spiro atoms. The van der Waals surface area contributed by atoms with E-state index >= 15 is 0 Å². The molecule has 0 radical (unpaired) electrons. The van der Waals surface area contributed by atoms with E-state index in [-0.39, 0.29) is 17.0 Å². The maximum atomic E-state index is 11.6. The first kappa shape index (κ1) is 9.45. The van der Waals surface area contributed by atoms with E-state index in [0.717, 1.165) is 10.8 Å². The molecule has 1 aliphatic carbocycles. The van der Waals surface area contributed by atoms with E-state index in [2.05, 4.69) is 4.52 Å². The van der Waals surface area contributed by atoms with Crippen LogP contribution in [0, 0.1) is 0 Å². The Morgan fingerprint density at radius 2 is 2.00 bits per heavy atom. The summed E-state index contributed by atoms with van der Waals surface area (Å²) in [4.78, 5) is 34.4. The Morgan fingerprint density at radius 3 is 2.60 bits per heavy atom. The van der Waals surface area contributed by atoms with Crippen molar-refractivity contribution in [3.05, 3.63) is 33.5 Å². The number of fused-ring (bicyclic) bond motifs is 1. The van der Waals surface area contributed by atoms with Crippen molar-refractivity contribution in [2.75, 3.05) is 7.11 Å². The van der Waals surface area contributed by atoms with Crippen LogP contribution in [0.3, 0.4) is 0 Å². The van der Waals surface area contributed by atoms with Gasteiger partial charge in [0.15, 0.2) is 5.76 Å². The summed E-state index contributed by atoms with van der Waals surface area (Å²) in [5.41, 5.74) is -1.12. The molecule has 0 unspecified atom stereocenters. The number of aryl methyl sites for hydroxylation is 1. The summed E-state index contributed by atoms with van der Waals surface area (Å²) in [6.07, 6.45) is 1.04. The van der Waals surface area contributed by atoms with Crippen LogP contribution in [-0.2, 0) is 11.8 Å². The van der Waals surface area contributed by atoms with E-state index in [0.29, 0.717) is 0 Å². The molecule has 0 saturated heterocycles. The van der Waals surface area contributed by atoms with Crippen LogP contribution in [0.15, 0.2) is 21.2 Å². The molecular formula is C9H7NO5. The van der Waals surface area contributed by atoms with Crippen LogP contribution in [0.5, 0.6) is 0 Å². The topological polar surface area (TPSA) is 78.5 Å². The van der Waals surface area contributed by atoms with Crippen LogP contribution in [0.25, 0.3) is 0 Å². The lowest BCUT2D eigenvalue weighted by atomic mass is 10.0. The standard InChI is InChI=1S/C9H7NO5/c1-10-7-4(11)3-5(14-2)8(12)6(7)9(13)15-10/h3H,1-2H3. The van der Waals surface area contributed by atoms with Gasteiger partial charge in [-0.25, -0.2) is 9.53 Å². The molecule has 15 heavy (non-hydrogen) atoms. The van der Waals surface area contributed by atoms with Crippen LogP contribution < -0.4 is 5.63 Å². The Kier molecular flexibility index (Phi) is 1.85. The summed E-state index contributed by atoms with van der Waals surface area (Å²) in [5, 5.41) is 0. The van der Waals surface area contributed by atoms with Gasteiger partial charge in [0.05, 0.1) is 7.11 Å². The number of ketones is 2. The van der Waals surface area contributed by atoms with E-state index in [4.69, 9.17) is 4.74 Å². The zero-order chi connectivity index (χ0) is 11.2. The maximum absolute atomic E-state index is 11.6. The minimum Gasteiger partial charge on any atom is -0.492 e. The summed E-state index contributed by atoms with van der Waals surface area (Å²) in [6, 6.07) is 0. The minimum absolute atomic E-state index is 0.0363. The second kappa shape index (κ2) is 2.94. The number of aromatic nitrogens is 1. The van der Waals surface area contributed by atoms with Gasteiger partial charge in [-0.2, -0.15) is 0 Å². The summed E-state index contributed by atoms with van der Waals surface area (Å²) in [7, 11) is 2.64. The lowest BCUT2D eigenvalue weighted by Crippen LogP contribution is -2.22. The van der Waals surface area contributed by atoms with Gasteiger partial charge in [0.1, 0.15) is 11.3 Å². The summed E-state index contributed by atoms with van der Waals surface area (Å²) >= 11 is 0. The zero-order valence-corrected chi connectivity index (χ0v) is 8.07. The van der Waals surface area contributed by atoms with Crippen molar-refractivity contribution in [1.29, 1.82) is 0 Å². The second-order valence-corrected chi connectivity index (χ2v) is 3.01. The van der Waals surface area contributed by atoms with Gasteiger partial charge in [-0.05, 0) is 0 Å². The van der Waals surface area contributed by atoms with E-state index in [1.807, 2.05) is 0 Å². The van der Waals surface area contributed by atoms with Gasteiger partial charge in [-0.15, -0.1) is 0 Å². The monoisotopic (exact) mass is 209 g/mol. The lowest BCUT2D eigenvalue weighted by Gasteiger charge is -2.08. The zero-order valence-electron chi connectivity index (χ0n) is 8.07. The fourth-order valence-electron chi connectivity index (χ4n) is 1.48. The maximum Gasteiger partial charge on any atom is 0.369 e. The van der Waals surface area contributed by atoms with Gasteiger partial charge < -0.3 is 9.26 Å². The SMILES string of the molecule is COC1=CC(=O)c2c(c(=O)on2C)C1=O. The van der Waals surface area contributed by atoms with E-state index in [9.17, 15) is 14.4 Å². The molecule has 0 saturated carbocycles. The average Bonchev–Trinajstić information content (AvgIpc) is 2.48. The highest BCUT2D eigenvalue weighted by atomic mass is 16.5. The minimum atomic E-state index is -0.825. The van der Waals surface area contributed by atoms with Gasteiger partial charge in [0.25, 0.3) is 0 Å². The van der Waals surface area contributed by atoms with Crippen molar-refractivity contribution in [1.82, 2.24) is 4.74 Å². The molecule has 0 atom stereocenters. The second-order valence-electron chi connectivity index (χ2n) is 3.01. The number of Topliss-reactive ketones (excluding diaryl/α,β-unsaturated/α-hetero) is 1. The number of ether oxygens (including phenoxy) is 1. The number of carbonyl (C=O) groups is 2. The smallest absolute Gasteiger partial charge is 0.369 e. The Labute approximate surface area is 83.7 Å². The molecule has 78 valence electrons. The van der Waals surface area contributed by atoms with E-state index < -0.39 is 17.2 Å². The van der Waals surface area contributed by atoms with Crippen molar-refractivity contribution in [2.45, 2.75) is 0 Å². The molecule has 0 amide bonds. The molecule has 1 aliphatic rings. The molecule has 6 nitrogen and oxygen atoms in total. The number of rotatable bonds is 1. The van der Waals surface area contributed by atoms with E-state index in [1.165, 1.54) is 14.2 Å². The van der Waals surface area contributed by atoms with Gasteiger partial charge in [0.2, 0.25) is 11.6 Å². The van der Waals surface area contributed by atoms with Gasteiger partial charge in [-0.1, -0.05) is 0 Å². The van der Waals surface area contributed by atoms with Crippen molar-refractivity contribution >= 4 is 11.6 Å². The first-order chi connectivity index (χ1) is 7.06. The molecular weight excluding hydrogens is 202 g/mol. The van der Waals surface area contributed by atoms with Crippen LogP contribution in [-0.4, -0.2) is 23.4 Å². The molecule has 0 aliphatic heterocycles. The average molecular weight is 209 g/mol. The molecule has 0 N–H and O–H groups in total. The van der Waals surface area contributed by atoms with Crippen LogP contribution >= 0.6 is 0 Å². The van der Waals surface area contributed by atoms with Crippen molar-refractivity contribution in [3.8, 4) is 0 Å². The molecule has 2 rings (SSSR count). The highest BCUT2D eigenvalue weighted by molar-refractivity contribution is 6.22. The molecule has 0 bridgehead atoms. The molecule has 1 heterocycles. The quantitative estimate of drug-likeness (QED) is 0.644. The van der Waals surface area contributed by atoms with Crippen LogP contribution in [0.4, 0.5) is 0 Å². The first-order valence-corrected chi connectivity index (χ1v) is 4.11. The Morgan fingerprint density at radius 1 is 1.33 bits per heavy atom. The van der Waals surface area contributed by atoms with Crippen molar-refractivity contribution in [3.63, 3.8) is 0 Å². The van der Waals surface area contributed by atoms with Gasteiger partial charge >= 0.3 is 5.63 Å². The molecule has 0 fully saturated rings. The molecule has 1 aromatic rings. The number of hydrogen-bond acceptors (Lipinski definition) is 5. The highest BCUT2D eigenvalue weighted by Gasteiger charge is 2.33. The van der Waals surface area contributed by atoms with Gasteiger partial charge in [-0.3, -0.25) is 9.59 Å². The highest BCUT2D eigenvalue weighted by Crippen LogP contribution is 2.18. The third-order valence-electron chi connectivity index (χ3n) is 2.14. The lowest BCUT2D eigenvalue weighted by molar-refractivity contribution is 0.0912. The summed E-state index contributed by atoms with van der Waals surface area (Å²) in [5.74, 6) is -1.25. The molecule has 0 aromatic carbocycles. The fourth-order valence-corrected chi connectivity index (χ4v) is 1.48. The largest absolute Gasteiger partial charge is 0.492 e. The van der Waals surface area contributed by atoms with Crippen LogP contribution in [0.2, 0.25) is 0 Å². The fraction of sp³-hybridized carbons (Fsp3) is 0.222. The van der Waals surface area contributed by atoms with Crippen molar-refractivity contribution < 1.29 is 18.8 Å². The number of hydrogen-bond donors (Lipinski definition) is 0. The van der Waals surface area contributed by atoms with E-state index in [1.54, 1.807) is 0 Å². The molecule has 6 heteroatoms.